The maximum absolute atomic E-state index is 12.1. The zero-order valence-electron chi connectivity index (χ0n) is 10.5. The zero-order chi connectivity index (χ0) is 14.5. The highest BCUT2D eigenvalue weighted by Gasteiger charge is 2.25. The summed E-state index contributed by atoms with van der Waals surface area (Å²) in [6.07, 6.45) is 0.721. The molecule has 1 aromatic rings. The zero-order valence-corrected chi connectivity index (χ0v) is 10.5. The Morgan fingerprint density at radius 1 is 1.50 bits per heavy atom. The average Bonchev–Trinajstić information content (AvgIpc) is 2.44. The van der Waals surface area contributed by atoms with Crippen molar-refractivity contribution in [3.63, 3.8) is 0 Å². The molecule has 1 heterocycles. The Morgan fingerprint density at radius 3 is 3.00 bits per heavy atom. The minimum absolute atomic E-state index is 0.0840. The lowest BCUT2D eigenvalue weighted by atomic mass is 10.0. The van der Waals surface area contributed by atoms with E-state index in [2.05, 4.69) is 0 Å². The second-order valence-corrected chi connectivity index (χ2v) is 4.13. The van der Waals surface area contributed by atoms with Crippen LogP contribution < -0.4 is 0 Å². The number of hydrogen-bond donors (Lipinski definition) is 0. The maximum atomic E-state index is 12.1. The fraction of sp³-hybridized carbons (Fsp3) is 0.308. The van der Waals surface area contributed by atoms with Gasteiger partial charge in [-0.05, 0) is 5.56 Å². The van der Waals surface area contributed by atoms with Crippen LogP contribution in [-0.4, -0.2) is 24.2 Å². The van der Waals surface area contributed by atoms with Crippen molar-refractivity contribution in [3.8, 4) is 0 Å². The van der Waals surface area contributed by atoms with E-state index in [0.717, 1.165) is 6.08 Å². The molecule has 0 N–H and O–H groups in total. The normalized spacial score (nSPS) is 18.1. The molecule has 0 aliphatic carbocycles. The van der Waals surface area contributed by atoms with Gasteiger partial charge in [0.25, 0.3) is 5.69 Å². The predicted octanol–water partition coefficient (Wildman–Crippen LogP) is 2.45. The van der Waals surface area contributed by atoms with Gasteiger partial charge in [-0.3, -0.25) is 10.1 Å². The Morgan fingerprint density at radius 2 is 2.30 bits per heavy atom. The molecule has 1 unspecified atom stereocenters. The van der Waals surface area contributed by atoms with E-state index in [1.807, 2.05) is 0 Å². The van der Waals surface area contributed by atoms with E-state index in [0.29, 0.717) is 11.3 Å². The van der Waals surface area contributed by atoms with Gasteiger partial charge in [0.05, 0.1) is 11.0 Å². The average molecular weight is 281 g/mol. The number of rotatable bonds is 5. The van der Waals surface area contributed by atoms with Crippen molar-refractivity contribution in [2.75, 3.05) is 13.3 Å². The Hall–Kier alpha value is -2.44. The van der Waals surface area contributed by atoms with Crippen molar-refractivity contribution in [1.82, 2.24) is 0 Å². The number of nitro benzene ring substituents is 1. The quantitative estimate of drug-likeness (QED) is 0.470. The monoisotopic (exact) mass is 281 g/mol. The number of alkyl halides is 1. The molecule has 0 saturated heterocycles. The molecule has 0 fully saturated rings. The van der Waals surface area contributed by atoms with Gasteiger partial charge in [0, 0.05) is 18.6 Å². The summed E-state index contributed by atoms with van der Waals surface area (Å²) in [5.74, 6) is -0.294. The Labute approximate surface area is 113 Å². The molecule has 2 rings (SSSR count). The lowest BCUT2D eigenvalue weighted by molar-refractivity contribution is -0.385. The van der Waals surface area contributed by atoms with Gasteiger partial charge >= 0.3 is 5.97 Å². The van der Waals surface area contributed by atoms with E-state index in [1.54, 1.807) is 6.07 Å². The summed E-state index contributed by atoms with van der Waals surface area (Å²) >= 11 is 0. The number of ether oxygens (including phenoxy) is 2. The molecule has 7 heteroatoms. The third-order valence-electron chi connectivity index (χ3n) is 2.74. The molecular weight excluding hydrogens is 269 g/mol. The molecule has 0 saturated carbocycles. The van der Waals surface area contributed by atoms with Crippen molar-refractivity contribution in [3.05, 3.63) is 51.8 Å². The summed E-state index contributed by atoms with van der Waals surface area (Å²) in [7, 11) is 0. The van der Waals surface area contributed by atoms with Gasteiger partial charge in [-0.15, -0.1) is 0 Å². The number of nitro groups is 1. The van der Waals surface area contributed by atoms with Crippen molar-refractivity contribution in [2.45, 2.75) is 12.5 Å². The molecular formula is C13H12FNO5. The van der Waals surface area contributed by atoms with Gasteiger partial charge in [0.1, 0.15) is 25.1 Å². The van der Waals surface area contributed by atoms with Crippen LogP contribution in [0.2, 0.25) is 0 Å². The Balaban J connectivity index is 2.17. The van der Waals surface area contributed by atoms with E-state index in [1.165, 1.54) is 18.2 Å². The number of hydrogen-bond acceptors (Lipinski definition) is 5. The first-order valence-corrected chi connectivity index (χ1v) is 5.94. The van der Waals surface area contributed by atoms with Crippen molar-refractivity contribution < 1.29 is 23.6 Å². The molecule has 0 radical (unpaired) electrons. The highest BCUT2D eigenvalue weighted by atomic mass is 19.1. The van der Waals surface area contributed by atoms with Crippen LogP contribution in [0, 0.1) is 10.1 Å². The molecule has 20 heavy (non-hydrogen) atoms. The molecule has 1 aliphatic heterocycles. The first-order chi connectivity index (χ1) is 9.60. The number of benzene rings is 1. The number of carbonyl (C=O) groups excluding carboxylic acids is 1. The number of halogens is 1. The highest BCUT2D eigenvalue weighted by Crippen LogP contribution is 2.31. The van der Waals surface area contributed by atoms with E-state index in [4.69, 9.17) is 9.47 Å². The second kappa shape index (κ2) is 6.14. The van der Waals surface area contributed by atoms with Gasteiger partial charge in [-0.2, -0.15) is 0 Å². The summed E-state index contributed by atoms with van der Waals surface area (Å²) in [5.41, 5.74) is 0.418. The van der Waals surface area contributed by atoms with Crippen LogP contribution in [0.15, 0.2) is 36.1 Å². The number of carbonyl (C=O) groups is 1. The summed E-state index contributed by atoms with van der Waals surface area (Å²) < 4.78 is 22.3. The largest absolute Gasteiger partial charge is 0.495 e. The van der Waals surface area contributed by atoms with Crippen LogP contribution in [0.4, 0.5) is 10.1 Å². The molecule has 1 atom stereocenters. The molecule has 0 spiro atoms. The minimum atomic E-state index is -0.665. The summed E-state index contributed by atoms with van der Waals surface area (Å²) in [4.78, 5) is 21.6. The standard InChI is InChI=1S/C13H12FNO5/c14-4-5-19-11-7-12(20-13(16)8-11)9-2-1-3-10(6-9)15(17)18/h1-3,6,8,12H,4-5,7H2. The number of non-ortho nitro benzene ring substituents is 1. The van der Waals surface area contributed by atoms with Gasteiger partial charge in [0.2, 0.25) is 0 Å². The van der Waals surface area contributed by atoms with Crippen LogP contribution in [0.5, 0.6) is 0 Å². The number of nitrogens with zero attached hydrogens (tertiary/aromatic N) is 1. The molecule has 0 aromatic heterocycles. The van der Waals surface area contributed by atoms with Crippen LogP contribution >= 0.6 is 0 Å². The van der Waals surface area contributed by atoms with Crippen LogP contribution in [0.25, 0.3) is 0 Å². The molecule has 1 aliphatic rings. The van der Waals surface area contributed by atoms with E-state index in [9.17, 15) is 19.3 Å². The van der Waals surface area contributed by atoms with Gasteiger partial charge < -0.3 is 9.47 Å². The Bertz CT molecular complexity index is 557. The van der Waals surface area contributed by atoms with E-state index >= 15 is 0 Å². The van der Waals surface area contributed by atoms with Gasteiger partial charge in [-0.25, -0.2) is 9.18 Å². The first-order valence-electron chi connectivity index (χ1n) is 5.94. The minimum Gasteiger partial charge on any atom is -0.495 e. The summed E-state index contributed by atoms with van der Waals surface area (Å²) in [5, 5.41) is 10.7. The molecule has 6 nitrogen and oxygen atoms in total. The van der Waals surface area contributed by atoms with Crippen LogP contribution in [-0.2, 0) is 14.3 Å². The summed E-state index contributed by atoms with van der Waals surface area (Å²) in [6, 6.07) is 5.84. The molecule has 0 amide bonds. The van der Waals surface area contributed by atoms with Gasteiger partial charge in [-0.1, -0.05) is 12.1 Å². The van der Waals surface area contributed by atoms with Crippen molar-refractivity contribution in [1.29, 1.82) is 0 Å². The smallest absolute Gasteiger partial charge is 0.334 e. The lowest BCUT2D eigenvalue weighted by Crippen LogP contribution is -2.18. The summed E-state index contributed by atoms with van der Waals surface area (Å²) in [6.45, 7) is -0.797. The van der Waals surface area contributed by atoms with Crippen molar-refractivity contribution in [2.24, 2.45) is 0 Å². The highest BCUT2D eigenvalue weighted by molar-refractivity contribution is 5.83. The third-order valence-corrected chi connectivity index (χ3v) is 2.74. The third kappa shape index (κ3) is 3.31. The number of cyclic esters (lactones) is 1. The first kappa shape index (κ1) is 14.0. The van der Waals surface area contributed by atoms with Crippen LogP contribution in [0.1, 0.15) is 18.1 Å². The topological polar surface area (TPSA) is 78.7 Å². The molecule has 1 aromatic carbocycles. The van der Waals surface area contributed by atoms with Crippen LogP contribution in [0.3, 0.4) is 0 Å². The maximum Gasteiger partial charge on any atom is 0.334 e. The van der Waals surface area contributed by atoms with Gasteiger partial charge in [0.15, 0.2) is 0 Å². The lowest BCUT2D eigenvalue weighted by Gasteiger charge is -2.23. The Kier molecular flexibility index (Phi) is 4.29. The predicted molar refractivity (Wildman–Crippen MR) is 66.6 cm³/mol. The fourth-order valence-electron chi connectivity index (χ4n) is 1.88. The van der Waals surface area contributed by atoms with E-state index in [-0.39, 0.29) is 18.7 Å². The second-order valence-electron chi connectivity index (χ2n) is 4.13. The van der Waals surface area contributed by atoms with Crippen molar-refractivity contribution >= 4 is 11.7 Å². The SMILES string of the molecule is O=C1C=C(OCCF)CC(c2cccc([N+](=O)[O-])c2)O1. The molecule has 106 valence electrons. The number of esters is 1. The van der Waals surface area contributed by atoms with E-state index < -0.39 is 23.7 Å². The molecule has 0 bridgehead atoms. The fourth-order valence-corrected chi connectivity index (χ4v) is 1.88.